The predicted molar refractivity (Wildman–Crippen MR) is 84.3 cm³/mol. The first-order chi connectivity index (χ1) is 10.8. The molecule has 2 aromatic rings. The Hall–Kier alpha value is -1.68. The molecular weight excluding hydrogens is 274 g/mol. The van der Waals surface area contributed by atoms with Crippen molar-refractivity contribution in [2.75, 3.05) is 7.05 Å². The summed E-state index contributed by atoms with van der Waals surface area (Å²) in [7, 11) is 2.16. The highest BCUT2D eigenvalue weighted by Gasteiger charge is 2.26. The molecule has 2 aliphatic rings. The Kier molecular flexibility index (Phi) is 3.70. The number of aromatic nitrogens is 2. The van der Waals surface area contributed by atoms with Gasteiger partial charge < -0.3 is 4.52 Å². The lowest BCUT2D eigenvalue weighted by Gasteiger charge is -2.32. The van der Waals surface area contributed by atoms with Gasteiger partial charge in [-0.1, -0.05) is 29.4 Å². The molecule has 1 unspecified atom stereocenters. The number of benzene rings is 1. The molecule has 0 radical (unpaired) electrons. The van der Waals surface area contributed by atoms with E-state index in [4.69, 9.17) is 4.52 Å². The number of hydrogen-bond donors (Lipinski definition) is 0. The number of fused-ring (bicyclic) bond motifs is 1. The molecule has 1 aromatic heterocycles. The van der Waals surface area contributed by atoms with Crippen LogP contribution in [-0.4, -0.2) is 22.1 Å². The third-order valence-electron chi connectivity index (χ3n) is 4.93. The van der Waals surface area contributed by atoms with Gasteiger partial charge in [-0.2, -0.15) is 4.98 Å². The van der Waals surface area contributed by atoms with Crippen LogP contribution in [0.1, 0.15) is 54.6 Å². The van der Waals surface area contributed by atoms with E-state index in [0.717, 1.165) is 30.6 Å². The van der Waals surface area contributed by atoms with Gasteiger partial charge in [-0.25, -0.2) is 0 Å². The maximum Gasteiger partial charge on any atom is 0.240 e. The van der Waals surface area contributed by atoms with Gasteiger partial charge >= 0.3 is 0 Å². The molecule has 2 aliphatic carbocycles. The van der Waals surface area contributed by atoms with Crippen LogP contribution in [0.4, 0.5) is 0 Å². The third-order valence-corrected chi connectivity index (χ3v) is 4.93. The highest BCUT2D eigenvalue weighted by Crippen LogP contribution is 2.34. The quantitative estimate of drug-likeness (QED) is 0.846. The lowest BCUT2D eigenvalue weighted by atomic mass is 9.87. The van der Waals surface area contributed by atoms with E-state index in [1.165, 1.54) is 43.2 Å². The molecule has 1 aromatic carbocycles. The number of rotatable bonds is 5. The largest absolute Gasteiger partial charge is 0.338 e. The van der Waals surface area contributed by atoms with Gasteiger partial charge in [0.25, 0.3) is 0 Å². The van der Waals surface area contributed by atoms with Gasteiger partial charge in [0, 0.05) is 12.5 Å². The van der Waals surface area contributed by atoms with Crippen molar-refractivity contribution in [3.05, 3.63) is 47.1 Å². The standard InChI is InChI=1S/C18H23N3O/c1-21(12-18-19-17(20-22-18)11-13-9-10-13)16-8-4-6-14-5-2-3-7-15(14)16/h2-3,5,7,13,16H,4,6,8-12H2,1H3. The van der Waals surface area contributed by atoms with Gasteiger partial charge in [-0.15, -0.1) is 0 Å². The fourth-order valence-corrected chi connectivity index (χ4v) is 3.53. The van der Waals surface area contributed by atoms with Gasteiger partial charge in [0.2, 0.25) is 5.89 Å². The Balaban J connectivity index is 1.45. The molecule has 1 saturated carbocycles. The van der Waals surface area contributed by atoms with Crippen LogP contribution in [0, 0.1) is 5.92 Å². The van der Waals surface area contributed by atoms with Crippen molar-refractivity contribution in [1.82, 2.24) is 15.0 Å². The van der Waals surface area contributed by atoms with Crippen molar-refractivity contribution < 1.29 is 4.52 Å². The van der Waals surface area contributed by atoms with E-state index in [-0.39, 0.29) is 0 Å². The van der Waals surface area contributed by atoms with Crippen LogP contribution in [0.2, 0.25) is 0 Å². The Morgan fingerprint density at radius 3 is 2.95 bits per heavy atom. The number of nitrogens with zero attached hydrogens (tertiary/aromatic N) is 3. The number of aryl methyl sites for hydroxylation is 1. The molecule has 4 nitrogen and oxygen atoms in total. The molecule has 0 bridgehead atoms. The molecule has 0 aliphatic heterocycles. The molecule has 22 heavy (non-hydrogen) atoms. The molecule has 4 rings (SSSR count). The van der Waals surface area contributed by atoms with Crippen LogP contribution in [0.25, 0.3) is 0 Å². The van der Waals surface area contributed by atoms with Crippen LogP contribution >= 0.6 is 0 Å². The molecule has 4 heteroatoms. The Morgan fingerprint density at radius 1 is 1.23 bits per heavy atom. The van der Waals surface area contributed by atoms with Gasteiger partial charge in [0.15, 0.2) is 5.82 Å². The second-order valence-electron chi connectivity index (χ2n) is 6.77. The lowest BCUT2D eigenvalue weighted by Crippen LogP contribution is -2.27. The lowest BCUT2D eigenvalue weighted by molar-refractivity contribution is 0.187. The highest BCUT2D eigenvalue weighted by molar-refractivity contribution is 5.32. The second-order valence-corrected chi connectivity index (χ2v) is 6.77. The van der Waals surface area contributed by atoms with Crippen LogP contribution in [0.5, 0.6) is 0 Å². The van der Waals surface area contributed by atoms with Crippen LogP contribution in [0.3, 0.4) is 0 Å². The Labute approximate surface area is 131 Å². The normalized spacial score (nSPS) is 21.1. The summed E-state index contributed by atoms with van der Waals surface area (Å²) in [5, 5.41) is 4.13. The minimum absolute atomic E-state index is 0.462. The molecule has 1 fully saturated rings. The second kappa shape index (κ2) is 5.84. The fourth-order valence-electron chi connectivity index (χ4n) is 3.53. The van der Waals surface area contributed by atoms with Crippen molar-refractivity contribution in [3.8, 4) is 0 Å². The minimum atomic E-state index is 0.462. The zero-order valence-electron chi connectivity index (χ0n) is 13.2. The van der Waals surface area contributed by atoms with Gasteiger partial charge in [-0.05, 0) is 56.2 Å². The van der Waals surface area contributed by atoms with Crippen LogP contribution < -0.4 is 0 Å². The molecule has 0 amide bonds. The topological polar surface area (TPSA) is 42.2 Å². The van der Waals surface area contributed by atoms with Crippen LogP contribution in [-0.2, 0) is 19.4 Å². The average molecular weight is 297 g/mol. The van der Waals surface area contributed by atoms with E-state index >= 15 is 0 Å². The van der Waals surface area contributed by atoms with E-state index in [9.17, 15) is 0 Å². The van der Waals surface area contributed by atoms with Gasteiger partial charge in [-0.3, -0.25) is 4.90 Å². The van der Waals surface area contributed by atoms with Crippen molar-refractivity contribution in [1.29, 1.82) is 0 Å². The van der Waals surface area contributed by atoms with E-state index in [1.54, 1.807) is 0 Å². The predicted octanol–water partition coefficient (Wildman–Crippen LogP) is 3.53. The van der Waals surface area contributed by atoms with E-state index < -0.39 is 0 Å². The average Bonchev–Trinajstić information content (AvgIpc) is 3.25. The molecule has 116 valence electrons. The molecule has 0 saturated heterocycles. The Morgan fingerprint density at radius 2 is 2.09 bits per heavy atom. The SMILES string of the molecule is CN(Cc1nc(CC2CC2)no1)C1CCCc2ccccc21. The molecule has 1 heterocycles. The van der Waals surface area contributed by atoms with E-state index in [1.807, 2.05) is 0 Å². The summed E-state index contributed by atoms with van der Waals surface area (Å²) >= 11 is 0. The maximum atomic E-state index is 5.44. The summed E-state index contributed by atoms with van der Waals surface area (Å²) in [5.74, 6) is 2.43. The first-order valence-corrected chi connectivity index (χ1v) is 8.39. The zero-order valence-corrected chi connectivity index (χ0v) is 13.2. The summed E-state index contributed by atoms with van der Waals surface area (Å²) in [5.41, 5.74) is 2.96. The van der Waals surface area contributed by atoms with E-state index in [2.05, 4.69) is 46.4 Å². The zero-order chi connectivity index (χ0) is 14.9. The summed E-state index contributed by atoms with van der Waals surface area (Å²) in [6, 6.07) is 9.27. The van der Waals surface area contributed by atoms with Crippen molar-refractivity contribution in [3.63, 3.8) is 0 Å². The molecular formula is C18H23N3O. The van der Waals surface area contributed by atoms with Crippen molar-refractivity contribution in [2.24, 2.45) is 5.92 Å². The summed E-state index contributed by atoms with van der Waals surface area (Å²) in [4.78, 5) is 6.92. The van der Waals surface area contributed by atoms with Gasteiger partial charge in [0.1, 0.15) is 0 Å². The van der Waals surface area contributed by atoms with Crippen LogP contribution in [0.15, 0.2) is 28.8 Å². The highest BCUT2D eigenvalue weighted by atomic mass is 16.5. The smallest absolute Gasteiger partial charge is 0.240 e. The first kappa shape index (κ1) is 13.9. The number of hydrogen-bond acceptors (Lipinski definition) is 4. The summed E-state index contributed by atoms with van der Waals surface area (Å²) in [6.07, 6.45) is 7.29. The Bertz CT molecular complexity index is 647. The monoisotopic (exact) mass is 297 g/mol. The fraction of sp³-hybridized carbons (Fsp3) is 0.556. The molecule has 0 spiro atoms. The van der Waals surface area contributed by atoms with E-state index in [0.29, 0.717) is 6.04 Å². The minimum Gasteiger partial charge on any atom is -0.338 e. The first-order valence-electron chi connectivity index (χ1n) is 8.39. The summed E-state index contributed by atoms with van der Waals surface area (Å²) < 4.78 is 5.44. The van der Waals surface area contributed by atoms with Gasteiger partial charge in [0.05, 0.1) is 6.54 Å². The maximum absolute atomic E-state index is 5.44. The van der Waals surface area contributed by atoms with Crippen molar-refractivity contribution in [2.45, 2.75) is 51.1 Å². The molecule has 0 N–H and O–H groups in total. The summed E-state index contributed by atoms with van der Waals surface area (Å²) in [6.45, 7) is 0.733. The van der Waals surface area contributed by atoms with Crippen molar-refractivity contribution >= 4 is 0 Å². The third kappa shape index (κ3) is 2.93. The molecule has 1 atom stereocenters.